The third-order valence-corrected chi connectivity index (χ3v) is 2.55. The SMILES string of the molecule is Cc1nc(Cc2cccc(F)c2)ncc1CO. The van der Waals surface area contributed by atoms with Crippen LogP contribution in [-0.4, -0.2) is 15.1 Å². The molecule has 17 heavy (non-hydrogen) atoms. The predicted molar refractivity (Wildman–Crippen MR) is 61.9 cm³/mol. The average molecular weight is 232 g/mol. The molecule has 0 aliphatic carbocycles. The maximum Gasteiger partial charge on any atom is 0.132 e. The van der Waals surface area contributed by atoms with Crippen LogP contribution in [0.2, 0.25) is 0 Å². The first-order valence-electron chi connectivity index (χ1n) is 5.35. The van der Waals surface area contributed by atoms with Gasteiger partial charge in [0.15, 0.2) is 0 Å². The van der Waals surface area contributed by atoms with E-state index in [0.717, 1.165) is 11.3 Å². The lowest BCUT2D eigenvalue weighted by Gasteiger charge is -2.04. The highest BCUT2D eigenvalue weighted by Gasteiger charge is 2.04. The van der Waals surface area contributed by atoms with Crippen molar-refractivity contribution in [3.8, 4) is 0 Å². The van der Waals surface area contributed by atoms with Crippen LogP contribution in [-0.2, 0) is 13.0 Å². The zero-order chi connectivity index (χ0) is 12.3. The number of nitrogens with zero attached hydrogens (tertiary/aromatic N) is 2. The van der Waals surface area contributed by atoms with Gasteiger partial charge < -0.3 is 5.11 Å². The van der Waals surface area contributed by atoms with Crippen LogP contribution in [0, 0.1) is 12.7 Å². The van der Waals surface area contributed by atoms with Crippen LogP contribution >= 0.6 is 0 Å². The maximum absolute atomic E-state index is 13.0. The predicted octanol–water partition coefficient (Wildman–Crippen LogP) is 2.01. The highest BCUT2D eigenvalue weighted by atomic mass is 19.1. The normalized spacial score (nSPS) is 10.5. The largest absolute Gasteiger partial charge is 0.392 e. The zero-order valence-electron chi connectivity index (χ0n) is 9.52. The quantitative estimate of drug-likeness (QED) is 0.880. The summed E-state index contributed by atoms with van der Waals surface area (Å²) >= 11 is 0. The van der Waals surface area contributed by atoms with Gasteiger partial charge in [0.25, 0.3) is 0 Å². The molecule has 4 heteroatoms. The van der Waals surface area contributed by atoms with Crippen LogP contribution in [0.15, 0.2) is 30.5 Å². The second kappa shape index (κ2) is 5.01. The van der Waals surface area contributed by atoms with E-state index < -0.39 is 0 Å². The summed E-state index contributed by atoms with van der Waals surface area (Å²) < 4.78 is 13.0. The number of aromatic nitrogens is 2. The second-order valence-corrected chi connectivity index (χ2v) is 3.86. The Kier molecular flexibility index (Phi) is 3.44. The Hall–Kier alpha value is -1.81. The summed E-state index contributed by atoms with van der Waals surface area (Å²) in [6.45, 7) is 1.76. The minimum Gasteiger partial charge on any atom is -0.392 e. The fraction of sp³-hybridized carbons (Fsp3) is 0.231. The van der Waals surface area contributed by atoms with E-state index >= 15 is 0 Å². The molecule has 0 saturated heterocycles. The van der Waals surface area contributed by atoms with E-state index in [4.69, 9.17) is 5.11 Å². The van der Waals surface area contributed by atoms with E-state index in [1.165, 1.54) is 12.1 Å². The van der Waals surface area contributed by atoms with Crippen LogP contribution < -0.4 is 0 Å². The first-order chi connectivity index (χ1) is 8.19. The lowest BCUT2D eigenvalue weighted by atomic mass is 10.1. The van der Waals surface area contributed by atoms with Crippen LogP contribution in [0.1, 0.15) is 22.6 Å². The van der Waals surface area contributed by atoms with Gasteiger partial charge in [0.05, 0.1) is 6.61 Å². The van der Waals surface area contributed by atoms with E-state index in [1.54, 1.807) is 12.3 Å². The molecule has 1 aromatic heterocycles. The van der Waals surface area contributed by atoms with Gasteiger partial charge in [-0.15, -0.1) is 0 Å². The van der Waals surface area contributed by atoms with Crippen molar-refractivity contribution in [2.75, 3.05) is 0 Å². The highest BCUT2D eigenvalue weighted by molar-refractivity contribution is 5.22. The van der Waals surface area contributed by atoms with Gasteiger partial charge in [0.1, 0.15) is 11.6 Å². The minimum absolute atomic E-state index is 0.0634. The van der Waals surface area contributed by atoms with Gasteiger partial charge in [-0.05, 0) is 24.6 Å². The second-order valence-electron chi connectivity index (χ2n) is 3.86. The van der Waals surface area contributed by atoms with Crippen molar-refractivity contribution in [2.24, 2.45) is 0 Å². The summed E-state index contributed by atoms with van der Waals surface area (Å²) in [6, 6.07) is 6.38. The molecule has 1 aromatic carbocycles. The number of aliphatic hydroxyl groups is 1. The smallest absolute Gasteiger partial charge is 0.132 e. The zero-order valence-corrected chi connectivity index (χ0v) is 9.52. The van der Waals surface area contributed by atoms with Crippen molar-refractivity contribution in [1.82, 2.24) is 9.97 Å². The number of halogens is 1. The first kappa shape index (κ1) is 11.7. The van der Waals surface area contributed by atoms with Crippen molar-refractivity contribution >= 4 is 0 Å². The Morgan fingerprint density at radius 3 is 2.82 bits per heavy atom. The fourth-order valence-electron chi connectivity index (χ4n) is 1.61. The molecular formula is C13H13FN2O. The Bertz CT molecular complexity index is 529. The number of rotatable bonds is 3. The number of hydrogen-bond donors (Lipinski definition) is 1. The molecule has 0 saturated carbocycles. The molecule has 0 bridgehead atoms. The maximum atomic E-state index is 13.0. The monoisotopic (exact) mass is 232 g/mol. The Balaban J connectivity index is 2.22. The molecular weight excluding hydrogens is 219 g/mol. The molecule has 2 rings (SSSR count). The fourth-order valence-corrected chi connectivity index (χ4v) is 1.61. The molecule has 0 radical (unpaired) electrons. The van der Waals surface area contributed by atoms with E-state index in [1.807, 2.05) is 13.0 Å². The van der Waals surface area contributed by atoms with Crippen molar-refractivity contribution in [3.05, 3.63) is 58.9 Å². The summed E-state index contributed by atoms with van der Waals surface area (Å²) in [5, 5.41) is 9.01. The highest BCUT2D eigenvalue weighted by Crippen LogP contribution is 2.10. The summed E-state index contributed by atoms with van der Waals surface area (Å²) in [5.41, 5.74) is 2.31. The topological polar surface area (TPSA) is 46.0 Å². The molecule has 1 N–H and O–H groups in total. The first-order valence-corrected chi connectivity index (χ1v) is 5.35. The average Bonchev–Trinajstić information content (AvgIpc) is 2.29. The van der Waals surface area contributed by atoms with Crippen molar-refractivity contribution in [1.29, 1.82) is 0 Å². The molecule has 0 aliphatic rings. The molecule has 0 amide bonds. The molecule has 3 nitrogen and oxygen atoms in total. The number of benzene rings is 1. The van der Waals surface area contributed by atoms with Gasteiger partial charge in [0.2, 0.25) is 0 Å². The van der Waals surface area contributed by atoms with E-state index in [-0.39, 0.29) is 12.4 Å². The number of aryl methyl sites for hydroxylation is 1. The van der Waals surface area contributed by atoms with Gasteiger partial charge in [-0.3, -0.25) is 0 Å². The van der Waals surface area contributed by atoms with Gasteiger partial charge in [-0.1, -0.05) is 12.1 Å². The van der Waals surface area contributed by atoms with Crippen molar-refractivity contribution < 1.29 is 9.50 Å². The van der Waals surface area contributed by atoms with Gasteiger partial charge >= 0.3 is 0 Å². The lowest BCUT2D eigenvalue weighted by molar-refractivity contribution is 0.280. The third kappa shape index (κ3) is 2.85. The van der Waals surface area contributed by atoms with Crippen LogP contribution in [0.3, 0.4) is 0 Å². The summed E-state index contributed by atoms with van der Waals surface area (Å²) in [4.78, 5) is 8.42. The third-order valence-electron chi connectivity index (χ3n) is 2.55. The Morgan fingerprint density at radius 1 is 1.35 bits per heavy atom. The number of hydrogen-bond acceptors (Lipinski definition) is 3. The van der Waals surface area contributed by atoms with Gasteiger partial charge in [-0.2, -0.15) is 0 Å². The molecule has 0 atom stereocenters. The Labute approximate surface area is 99.0 Å². The summed E-state index contributed by atoms with van der Waals surface area (Å²) in [5.74, 6) is 0.372. The van der Waals surface area contributed by atoms with E-state index in [2.05, 4.69) is 9.97 Å². The molecule has 2 aromatic rings. The molecule has 0 unspecified atom stereocenters. The van der Waals surface area contributed by atoms with Gasteiger partial charge in [-0.25, -0.2) is 14.4 Å². The van der Waals surface area contributed by atoms with Crippen molar-refractivity contribution in [2.45, 2.75) is 20.0 Å². The molecule has 0 fully saturated rings. The molecule has 1 heterocycles. The Morgan fingerprint density at radius 2 is 2.18 bits per heavy atom. The number of aliphatic hydroxyl groups excluding tert-OH is 1. The molecule has 88 valence electrons. The lowest BCUT2D eigenvalue weighted by Crippen LogP contribution is -2.02. The van der Waals surface area contributed by atoms with E-state index in [9.17, 15) is 4.39 Å². The standard InChI is InChI=1S/C13H13FN2O/c1-9-11(8-17)7-15-13(16-9)6-10-3-2-4-12(14)5-10/h2-5,7,17H,6,8H2,1H3. The van der Waals surface area contributed by atoms with Crippen LogP contribution in [0.5, 0.6) is 0 Å². The van der Waals surface area contributed by atoms with Gasteiger partial charge in [0, 0.05) is 23.9 Å². The van der Waals surface area contributed by atoms with Crippen molar-refractivity contribution in [3.63, 3.8) is 0 Å². The van der Waals surface area contributed by atoms with E-state index in [0.29, 0.717) is 17.8 Å². The summed E-state index contributed by atoms with van der Waals surface area (Å²) in [6.07, 6.45) is 2.10. The molecule has 0 spiro atoms. The summed E-state index contributed by atoms with van der Waals surface area (Å²) in [7, 11) is 0. The minimum atomic E-state index is -0.258. The molecule has 0 aliphatic heterocycles. The van der Waals surface area contributed by atoms with Crippen LogP contribution in [0.25, 0.3) is 0 Å². The van der Waals surface area contributed by atoms with Crippen LogP contribution in [0.4, 0.5) is 4.39 Å².